The number of aryl methyl sites for hydroxylation is 1. The molecule has 2 rings (SSSR count). The van der Waals surface area contributed by atoms with E-state index in [4.69, 9.17) is 12.2 Å². The first-order chi connectivity index (χ1) is 7.61. The Bertz CT molecular complexity index is 631. The van der Waals surface area contributed by atoms with Crippen molar-refractivity contribution in [2.24, 2.45) is 0 Å². The lowest BCUT2D eigenvalue weighted by Crippen LogP contribution is -2.22. The second-order valence-electron chi connectivity index (χ2n) is 3.35. The van der Waals surface area contributed by atoms with Gasteiger partial charge in [0.25, 0.3) is 5.56 Å². The van der Waals surface area contributed by atoms with Crippen molar-refractivity contribution < 1.29 is 0 Å². The molecule has 5 heteroatoms. The topological polar surface area (TPSA) is 37.8 Å². The van der Waals surface area contributed by atoms with Crippen LogP contribution < -0.4 is 5.56 Å². The summed E-state index contributed by atoms with van der Waals surface area (Å²) in [6.45, 7) is 1.80. The van der Waals surface area contributed by atoms with Gasteiger partial charge in [-0.25, -0.2) is 0 Å². The van der Waals surface area contributed by atoms with E-state index in [1.807, 2.05) is 30.3 Å². The SMILES string of the molecule is Cc1[nH]c(=S)n(-c2ccccc2)c(=O)c1Br. The molecule has 0 unspecified atom stereocenters. The number of nitrogens with one attached hydrogen (secondary N) is 1. The van der Waals surface area contributed by atoms with E-state index in [1.165, 1.54) is 4.57 Å². The zero-order valence-corrected chi connectivity index (χ0v) is 10.9. The van der Waals surface area contributed by atoms with Gasteiger partial charge in [0.1, 0.15) is 4.47 Å². The van der Waals surface area contributed by atoms with Gasteiger partial charge in [-0.3, -0.25) is 9.36 Å². The molecule has 1 heterocycles. The van der Waals surface area contributed by atoms with Gasteiger partial charge in [-0.15, -0.1) is 0 Å². The summed E-state index contributed by atoms with van der Waals surface area (Å²) in [6.07, 6.45) is 0. The highest BCUT2D eigenvalue weighted by atomic mass is 79.9. The van der Waals surface area contributed by atoms with Gasteiger partial charge in [0, 0.05) is 5.69 Å². The van der Waals surface area contributed by atoms with Gasteiger partial charge < -0.3 is 4.98 Å². The number of aromatic amines is 1. The standard InChI is InChI=1S/C11H9BrN2OS/c1-7-9(12)10(15)14(11(16)13-7)8-5-3-2-4-6-8/h2-6H,1H3,(H,13,16). The number of H-pyrrole nitrogens is 1. The third-order valence-corrected chi connectivity index (χ3v) is 3.45. The number of halogens is 1. The molecule has 2 aromatic rings. The second kappa shape index (κ2) is 4.35. The third-order valence-electron chi connectivity index (χ3n) is 2.23. The molecule has 0 atom stereocenters. The molecule has 0 amide bonds. The smallest absolute Gasteiger partial charge is 0.273 e. The minimum Gasteiger partial charge on any atom is -0.335 e. The van der Waals surface area contributed by atoms with E-state index in [0.717, 1.165) is 11.4 Å². The van der Waals surface area contributed by atoms with Crippen LogP contribution in [0, 0.1) is 11.7 Å². The highest BCUT2D eigenvalue weighted by Crippen LogP contribution is 2.11. The van der Waals surface area contributed by atoms with Gasteiger partial charge in [0.2, 0.25) is 0 Å². The Morgan fingerprint density at radius 2 is 1.94 bits per heavy atom. The Balaban J connectivity index is 2.82. The van der Waals surface area contributed by atoms with E-state index in [1.54, 1.807) is 6.92 Å². The van der Waals surface area contributed by atoms with Crippen LogP contribution in [0.15, 0.2) is 39.6 Å². The Labute approximate surface area is 106 Å². The molecule has 1 aromatic carbocycles. The van der Waals surface area contributed by atoms with Crippen molar-refractivity contribution in [3.05, 3.63) is 55.6 Å². The van der Waals surface area contributed by atoms with E-state index >= 15 is 0 Å². The summed E-state index contributed by atoms with van der Waals surface area (Å²) >= 11 is 8.41. The maximum atomic E-state index is 12.0. The van der Waals surface area contributed by atoms with Crippen LogP contribution in [0.1, 0.15) is 5.69 Å². The van der Waals surface area contributed by atoms with E-state index in [9.17, 15) is 4.79 Å². The van der Waals surface area contributed by atoms with Crippen LogP contribution in [0.3, 0.4) is 0 Å². The van der Waals surface area contributed by atoms with Gasteiger partial charge in [-0.2, -0.15) is 0 Å². The molecule has 3 nitrogen and oxygen atoms in total. The van der Waals surface area contributed by atoms with Crippen LogP contribution in [0.5, 0.6) is 0 Å². The molecule has 0 spiro atoms. The number of hydrogen-bond acceptors (Lipinski definition) is 2. The van der Waals surface area contributed by atoms with E-state index in [0.29, 0.717) is 9.24 Å². The van der Waals surface area contributed by atoms with Crippen molar-refractivity contribution in [1.82, 2.24) is 9.55 Å². The van der Waals surface area contributed by atoms with Crippen LogP contribution in [0.25, 0.3) is 5.69 Å². The highest BCUT2D eigenvalue weighted by molar-refractivity contribution is 9.10. The molecule has 1 aromatic heterocycles. The number of para-hydroxylation sites is 1. The average molecular weight is 297 g/mol. The van der Waals surface area contributed by atoms with Crippen LogP contribution >= 0.6 is 28.1 Å². The Kier molecular flexibility index (Phi) is 3.07. The highest BCUT2D eigenvalue weighted by Gasteiger charge is 2.07. The van der Waals surface area contributed by atoms with Crippen molar-refractivity contribution in [2.45, 2.75) is 6.92 Å². The largest absolute Gasteiger partial charge is 0.335 e. The molecule has 82 valence electrons. The van der Waals surface area contributed by atoms with Crippen molar-refractivity contribution in [2.75, 3.05) is 0 Å². The number of hydrogen-bond donors (Lipinski definition) is 1. The summed E-state index contributed by atoms with van der Waals surface area (Å²) in [5.41, 5.74) is 1.35. The molecule has 0 saturated carbocycles. The van der Waals surface area contributed by atoms with Crippen molar-refractivity contribution in [1.29, 1.82) is 0 Å². The lowest BCUT2D eigenvalue weighted by Gasteiger charge is -2.07. The fraction of sp³-hybridized carbons (Fsp3) is 0.0909. The fourth-order valence-corrected chi connectivity index (χ4v) is 2.05. The first kappa shape index (κ1) is 11.3. The minimum atomic E-state index is -0.146. The first-order valence-electron chi connectivity index (χ1n) is 4.68. The number of benzene rings is 1. The molecule has 0 aliphatic carbocycles. The minimum absolute atomic E-state index is 0.146. The quantitative estimate of drug-likeness (QED) is 0.822. The van der Waals surface area contributed by atoms with Gasteiger partial charge in [0.15, 0.2) is 4.77 Å². The van der Waals surface area contributed by atoms with E-state index < -0.39 is 0 Å². The molecule has 0 fully saturated rings. The van der Waals surface area contributed by atoms with Gasteiger partial charge in [0.05, 0.1) is 5.69 Å². The van der Waals surface area contributed by atoms with Crippen LogP contribution in [0.2, 0.25) is 0 Å². The van der Waals surface area contributed by atoms with Gasteiger partial charge >= 0.3 is 0 Å². The maximum Gasteiger partial charge on any atom is 0.273 e. The predicted octanol–water partition coefficient (Wildman–Crippen LogP) is 2.97. The monoisotopic (exact) mass is 296 g/mol. The van der Waals surface area contributed by atoms with Crippen molar-refractivity contribution in [3.63, 3.8) is 0 Å². The first-order valence-corrected chi connectivity index (χ1v) is 5.88. The predicted molar refractivity (Wildman–Crippen MR) is 69.7 cm³/mol. The molecule has 0 aliphatic heterocycles. The molecule has 1 N–H and O–H groups in total. The number of aromatic nitrogens is 2. The Morgan fingerprint density at radius 3 is 2.56 bits per heavy atom. The second-order valence-corrected chi connectivity index (χ2v) is 4.52. The van der Waals surface area contributed by atoms with Gasteiger partial charge in [-0.1, -0.05) is 18.2 Å². The van der Waals surface area contributed by atoms with E-state index in [-0.39, 0.29) is 5.56 Å². The summed E-state index contributed by atoms with van der Waals surface area (Å²) < 4.78 is 2.37. The van der Waals surface area contributed by atoms with E-state index in [2.05, 4.69) is 20.9 Å². The zero-order valence-electron chi connectivity index (χ0n) is 8.53. The molecular weight excluding hydrogens is 288 g/mol. The van der Waals surface area contributed by atoms with Crippen molar-refractivity contribution >= 4 is 28.1 Å². The molecular formula is C11H9BrN2OS. The Hall–Kier alpha value is -1.20. The average Bonchev–Trinajstić information content (AvgIpc) is 2.28. The summed E-state index contributed by atoms with van der Waals surface area (Å²) in [4.78, 5) is 15.0. The molecule has 0 bridgehead atoms. The zero-order chi connectivity index (χ0) is 11.7. The summed E-state index contributed by atoms with van der Waals surface area (Å²) in [6, 6.07) is 9.30. The lowest BCUT2D eigenvalue weighted by molar-refractivity contribution is 0.882. The molecule has 0 radical (unpaired) electrons. The van der Waals surface area contributed by atoms with Crippen molar-refractivity contribution in [3.8, 4) is 5.69 Å². The van der Waals surface area contributed by atoms with Crippen LogP contribution in [0.4, 0.5) is 0 Å². The lowest BCUT2D eigenvalue weighted by atomic mass is 10.3. The summed E-state index contributed by atoms with van der Waals surface area (Å²) in [5, 5.41) is 0. The third kappa shape index (κ3) is 1.88. The molecule has 16 heavy (non-hydrogen) atoms. The summed E-state index contributed by atoms with van der Waals surface area (Å²) in [7, 11) is 0. The Morgan fingerprint density at radius 1 is 1.31 bits per heavy atom. The molecule has 0 aliphatic rings. The van der Waals surface area contributed by atoms with Crippen LogP contribution in [-0.4, -0.2) is 9.55 Å². The van der Waals surface area contributed by atoms with Gasteiger partial charge in [-0.05, 0) is 47.2 Å². The number of nitrogens with zero attached hydrogens (tertiary/aromatic N) is 1. The fourth-order valence-electron chi connectivity index (χ4n) is 1.43. The molecule has 0 saturated heterocycles. The number of rotatable bonds is 1. The van der Waals surface area contributed by atoms with Crippen LogP contribution in [-0.2, 0) is 0 Å². The maximum absolute atomic E-state index is 12.0. The summed E-state index contributed by atoms with van der Waals surface area (Å²) in [5.74, 6) is 0. The normalized spacial score (nSPS) is 10.4.